The van der Waals surface area contributed by atoms with Crippen LogP contribution < -0.4 is 10.6 Å². The summed E-state index contributed by atoms with van der Waals surface area (Å²) in [6.45, 7) is 3.88. The molecule has 74 valence electrons. The molecule has 1 heterocycles. The quantitative estimate of drug-likeness (QED) is 0.710. The molecule has 1 amide bonds. The first-order chi connectivity index (χ1) is 6.55. The molecular weight excluding hydrogens is 176 g/mol. The van der Waals surface area contributed by atoms with Gasteiger partial charge in [-0.15, -0.1) is 0 Å². The fraction of sp³-hybridized carbons (Fsp3) is 0.364. The third-order valence-corrected chi connectivity index (χ3v) is 2.80. The van der Waals surface area contributed by atoms with Crippen molar-refractivity contribution in [2.75, 3.05) is 17.7 Å². The molecule has 0 aromatic heterocycles. The summed E-state index contributed by atoms with van der Waals surface area (Å²) >= 11 is 0. The van der Waals surface area contributed by atoms with E-state index >= 15 is 0 Å². The van der Waals surface area contributed by atoms with Crippen LogP contribution in [-0.2, 0) is 10.2 Å². The van der Waals surface area contributed by atoms with Crippen LogP contribution in [0.15, 0.2) is 18.2 Å². The Labute approximate surface area is 83.5 Å². The van der Waals surface area contributed by atoms with Gasteiger partial charge in [-0.1, -0.05) is 6.07 Å². The second-order valence-corrected chi connectivity index (χ2v) is 4.09. The fourth-order valence-corrected chi connectivity index (χ4v) is 1.75. The Morgan fingerprint density at radius 2 is 2.07 bits per heavy atom. The third kappa shape index (κ3) is 1.09. The lowest BCUT2D eigenvalue weighted by Gasteiger charge is -2.14. The Kier molecular flexibility index (Phi) is 1.77. The summed E-state index contributed by atoms with van der Waals surface area (Å²) in [5, 5.41) is 5.93. The van der Waals surface area contributed by atoms with Crippen molar-refractivity contribution < 1.29 is 4.79 Å². The van der Waals surface area contributed by atoms with E-state index in [-0.39, 0.29) is 5.91 Å². The molecule has 0 saturated carbocycles. The average Bonchev–Trinajstić information content (AvgIpc) is 2.38. The van der Waals surface area contributed by atoms with Gasteiger partial charge in [-0.25, -0.2) is 0 Å². The normalized spacial score (nSPS) is 17.5. The van der Waals surface area contributed by atoms with E-state index in [0.29, 0.717) is 0 Å². The molecule has 0 unspecified atom stereocenters. The van der Waals surface area contributed by atoms with Crippen LogP contribution in [0.2, 0.25) is 0 Å². The Morgan fingerprint density at radius 3 is 2.71 bits per heavy atom. The smallest absolute Gasteiger partial charge is 0.234 e. The lowest BCUT2D eigenvalue weighted by molar-refractivity contribution is -0.119. The summed E-state index contributed by atoms with van der Waals surface area (Å²) in [6, 6.07) is 5.95. The van der Waals surface area contributed by atoms with Crippen molar-refractivity contribution in [3.8, 4) is 0 Å². The fourth-order valence-electron chi connectivity index (χ4n) is 1.75. The molecule has 0 radical (unpaired) electrons. The van der Waals surface area contributed by atoms with Gasteiger partial charge in [-0.2, -0.15) is 0 Å². The van der Waals surface area contributed by atoms with Gasteiger partial charge < -0.3 is 10.6 Å². The second kappa shape index (κ2) is 2.74. The highest BCUT2D eigenvalue weighted by Gasteiger charge is 2.38. The van der Waals surface area contributed by atoms with E-state index in [1.165, 1.54) is 0 Å². The van der Waals surface area contributed by atoms with Gasteiger partial charge in [0, 0.05) is 18.4 Å². The maximum absolute atomic E-state index is 11.6. The summed E-state index contributed by atoms with van der Waals surface area (Å²) < 4.78 is 0. The van der Waals surface area contributed by atoms with Crippen molar-refractivity contribution in [2.24, 2.45) is 0 Å². The van der Waals surface area contributed by atoms with Crippen LogP contribution in [0.4, 0.5) is 11.4 Å². The molecule has 0 saturated heterocycles. The first-order valence-corrected chi connectivity index (χ1v) is 4.69. The topological polar surface area (TPSA) is 41.1 Å². The zero-order chi connectivity index (χ0) is 10.3. The summed E-state index contributed by atoms with van der Waals surface area (Å²) in [6.07, 6.45) is 0. The van der Waals surface area contributed by atoms with Gasteiger partial charge in [0.15, 0.2) is 0 Å². The maximum Gasteiger partial charge on any atom is 0.234 e. The molecule has 1 aromatic carbocycles. The number of amides is 1. The van der Waals surface area contributed by atoms with Crippen molar-refractivity contribution in [2.45, 2.75) is 19.3 Å². The SMILES string of the molecule is CNc1ccc2c(c1)NC(=O)C2(C)C. The first kappa shape index (κ1) is 9.06. The molecule has 0 atom stereocenters. The Balaban J connectivity index is 2.54. The number of nitrogens with one attached hydrogen (secondary N) is 2. The van der Waals surface area contributed by atoms with E-state index in [2.05, 4.69) is 10.6 Å². The summed E-state index contributed by atoms with van der Waals surface area (Å²) in [5.41, 5.74) is 2.61. The van der Waals surface area contributed by atoms with Crippen LogP contribution in [0.5, 0.6) is 0 Å². The molecule has 2 rings (SSSR count). The highest BCUT2D eigenvalue weighted by molar-refractivity contribution is 6.06. The molecule has 0 spiro atoms. The Hall–Kier alpha value is -1.51. The van der Waals surface area contributed by atoms with Gasteiger partial charge in [0.2, 0.25) is 5.91 Å². The van der Waals surface area contributed by atoms with Crippen LogP contribution in [0.1, 0.15) is 19.4 Å². The van der Waals surface area contributed by atoms with E-state index in [1.54, 1.807) is 0 Å². The largest absolute Gasteiger partial charge is 0.388 e. The standard InChI is InChI=1S/C11H14N2O/c1-11(2)8-5-4-7(12-3)6-9(8)13-10(11)14/h4-6,12H,1-3H3,(H,13,14). The number of benzene rings is 1. The van der Waals surface area contributed by atoms with Crippen LogP contribution in [0.25, 0.3) is 0 Å². The lowest BCUT2D eigenvalue weighted by Crippen LogP contribution is -2.26. The van der Waals surface area contributed by atoms with Crippen LogP contribution in [-0.4, -0.2) is 13.0 Å². The number of carbonyl (C=O) groups excluding carboxylic acids is 1. The van der Waals surface area contributed by atoms with Gasteiger partial charge in [0.1, 0.15) is 0 Å². The Morgan fingerprint density at radius 1 is 1.36 bits per heavy atom. The monoisotopic (exact) mass is 190 g/mol. The first-order valence-electron chi connectivity index (χ1n) is 4.69. The zero-order valence-electron chi connectivity index (χ0n) is 8.64. The van der Waals surface area contributed by atoms with Gasteiger partial charge in [-0.3, -0.25) is 4.79 Å². The number of fused-ring (bicyclic) bond motifs is 1. The molecule has 0 fully saturated rings. The van der Waals surface area contributed by atoms with Crippen LogP contribution in [0.3, 0.4) is 0 Å². The molecule has 1 aliphatic heterocycles. The number of carbonyl (C=O) groups is 1. The van der Waals surface area contributed by atoms with Gasteiger partial charge in [0.25, 0.3) is 0 Å². The summed E-state index contributed by atoms with van der Waals surface area (Å²) in [5.74, 6) is 0.0701. The van der Waals surface area contributed by atoms with E-state index < -0.39 is 5.41 Å². The van der Waals surface area contributed by atoms with Gasteiger partial charge in [-0.05, 0) is 31.5 Å². The summed E-state index contributed by atoms with van der Waals surface area (Å²) in [7, 11) is 1.86. The molecule has 2 N–H and O–H groups in total. The van der Waals surface area contributed by atoms with Gasteiger partial charge >= 0.3 is 0 Å². The predicted octanol–water partition coefficient (Wildman–Crippen LogP) is 1.96. The minimum Gasteiger partial charge on any atom is -0.388 e. The molecule has 3 heteroatoms. The number of hydrogen-bond acceptors (Lipinski definition) is 2. The zero-order valence-corrected chi connectivity index (χ0v) is 8.64. The highest BCUT2D eigenvalue weighted by Crippen LogP contribution is 2.38. The average molecular weight is 190 g/mol. The van der Waals surface area contributed by atoms with E-state index in [4.69, 9.17) is 0 Å². The van der Waals surface area contributed by atoms with Crippen molar-refractivity contribution >= 4 is 17.3 Å². The number of rotatable bonds is 1. The summed E-state index contributed by atoms with van der Waals surface area (Å²) in [4.78, 5) is 11.6. The van der Waals surface area contributed by atoms with Crippen LogP contribution >= 0.6 is 0 Å². The molecule has 14 heavy (non-hydrogen) atoms. The third-order valence-electron chi connectivity index (χ3n) is 2.80. The maximum atomic E-state index is 11.6. The van der Waals surface area contributed by atoms with E-state index in [0.717, 1.165) is 16.9 Å². The molecule has 0 aliphatic carbocycles. The highest BCUT2D eigenvalue weighted by atomic mass is 16.2. The molecule has 1 aliphatic rings. The number of hydrogen-bond donors (Lipinski definition) is 2. The van der Waals surface area contributed by atoms with Crippen molar-refractivity contribution in [3.05, 3.63) is 23.8 Å². The molecule has 1 aromatic rings. The molecular formula is C11H14N2O. The minimum atomic E-state index is -0.401. The van der Waals surface area contributed by atoms with Crippen molar-refractivity contribution in [1.29, 1.82) is 0 Å². The van der Waals surface area contributed by atoms with Crippen molar-refractivity contribution in [3.63, 3.8) is 0 Å². The van der Waals surface area contributed by atoms with E-state index in [9.17, 15) is 4.79 Å². The molecule has 0 bridgehead atoms. The minimum absolute atomic E-state index is 0.0701. The van der Waals surface area contributed by atoms with Crippen molar-refractivity contribution in [1.82, 2.24) is 0 Å². The van der Waals surface area contributed by atoms with Gasteiger partial charge in [0.05, 0.1) is 5.41 Å². The predicted molar refractivity (Wildman–Crippen MR) is 57.6 cm³/mol. The second-order valence-electron chi connectivity index (χ2n) is 4.09. The Bertz CT molecular complexity index is 396. The van der Waals surface area contributed by atoms with E-state index in [1.807, 2.05) is 39.1 Å². The number of anilines is 2. The lowest BCUT2D eigenvalue weighted by atomic mass is 9.86. The molecule has 3 nitrogen and oxygen atoms in total. The van der Waals surface area contributed by atoms with Crippen LogP contribution in [0, 0.1) is 0 Å².